The highest BCUT2D eigenvalue weighted by atomic mass is 15.1. The maximum absolute atomic E-state index is 4.49. The molecule has 2 aromatic rings. The molecular formula is C14H17N3. The number of aromatic nitrogens is 2. The van der Waals surface area contributed by atoms with Gasteiger partial charge in [0.25, 0.3) is 0 Å². The minimum Gasteiger partial charge on any atom is -0.348 e. The van der Waals surface area contributed by atoms with E-state index in [1.165, 1.54) is 17.0 Å². The number of benzene rings is 1. The second kappa shape index (κ2) is 4.00. The van der Waals surface area contributed by atoms with Gasteiger partial charge in [-0.1, -0.05) is 30.3 Å². The summed E-state index contributed by atoms with van der Waals surface area (Å²) in [5.74, 6) is 0. The summed E-state index contributed by atoms with van der Waals surface area (Å²) in [5.41, 5.74) is 3.75. The third-order valence-electron chi connectivity index (χ3n) is 3.53. The average molecular weight is 227 g/mol. The molecule has 1 aromatic heterocycles. The van der Waals surface area contributed by atoms with Crippen LogP contribution in [0.3, 0.4) is 0 Å². The Kier molecular flexibility index (Phi) is 2.48. The zero-order valence-electron chi connectivity index (χ0n) is 10.0. The molecule has 0 saturated carbocycles. The zero-order chi connectivity index (χ0) is 11.7. The number of H-pyrrole nitrogens is 1. The van der Waals surface area contributed by atoms with E-state index in [9.17, 15) is 0 Å². The quantitative estimate of drug-likeness (QED) is 0.824. The molecule has 0 fully saturated rings. The van der Waals surface area contributed by atoms with Gasteiger partial charge in [-0.15, -0.1) is 0 Å². The fourth-order valence-electron chi connectivity index (χ4n) is 2.68. The lowest BCUT2D eigenvalue weighted by atomic mass is 9.85. The summed E-state index contributed by atoms with van der Waals surface area (Å²) in [6.45, 7) is 3.25. The molecule has 1 aliphatic heterocycles. The Hall–Kier alpha value is -1.61. The van der Waals surface area contributed by atoms with E-state index in [0.717, 1.165) is 19.4 Å². The van der Waals surface area contributed by atoms with Crippen molar-refractivity contribution in [3.63, 3.8) is 0 Å². The van der Waals surface area contributed by atoms with Crippen molar-refractivity contribution in [2.24, 2.45) is 0 Å². The number of imidazole rings is 1. The molecule has 2 heterocycles. The lowest BCUT2D eigenvalue weighted by molar-refractivity contribution is 0.335. The topological polar surface area (TPSA) is 40.7 Å². The Balaban J connectivity index is 1.93. The lowest BCUT2D eigenvalue weighted by Gasteiger charge is -2.34. The highest BCUT2D eigenvalue weighted by molar-refractivity contribution is 5.28. The molecular weight excluding hydrogens is 210 g/mol. The molecule has 0 bridgehead atoms. The number of nitrogens with one attached hydrogen (secondary N) is 2. The van der Waals surface area contributed by atoms with Gasteiger partial charge in [-0.25, -0.2) is 4.98 Å². The van der Waals surface area contributed by atoms with E-state index in [2.05, 4.69) is 52.5 Å². The Bertz CT molecular complexity index is 503. The van der Waals surface area contributed by atoms with Gasteiger partial charge < -0.3 is 10.3 Å². The van der Waals surface area contributed by atoms with Crippen LogP contribution in [0.2, 0.25) is 0 Å². The van der Waals surface area contributed by atoms with Crippen molar-refractivity contribution in [1.82, 2.24) is 15.3 Å². The number of hydrogen-bond donors (Lipinski definition) is 2. The number of fused-ring (bicyclic) bond motifs is 1. The lowest BCUT2D eigenvalue weighted by Crippen LogP contribution is -2.46. The summed E-state index contributed by atoms with van der Waals surface area (Å²) >= 11 is 0. The normalized spacial score (nSPS) is 23.4. The van der Waals surface area contributed by atoms with Gasteiger partial charge in [0, 0.05) is 18.7 Å². The summed E-state index contributed by atoms with van der Waals surface area (Å²) in [7, 11) is 0. The van der Waals surface area contributed by atoms with Crippen molar-refractivity contribution in [2.75, 3.05) is 6.54 Å². The van der Waals surface area contributed by atoms with E-state index < -0.39 is 0 Å². The number of rotatable bonds is 2. The smallest absolute Gasteiger partial charge is 0.0926 e. The minimum atomic E-state index is -0.0467. The molecule has 0 radical (unpaired) electrons. The highest BCUT2D eigenvalue weighted by Gasteiger charge is 2.33. The van der Waals surface area contributed by atoms with Crippen LogP contribution in [-0.4, -0.2) is 16.5 Å². The molecule has 17 heavy (non-hydrogen) atoms. The van der Waals surface area contributed by atoms with Crippen LogP contribution in [-0.2, 0) is 18.4 Å². The predicted octanol–water partition coefficient (Wildman–Crippen LogP) is 2.01. The fourth-order valence-corrected chi connectivity index (χ4v) is 2.68. The van der Waals surface area contributed by atoms with Crippen molar-refractivity contribution >= 4 is 0 Å². The van der Waals surface area contributed by atoms with Crippen LogP contribution in [0.4, 0.5) is 0 Å². The van der Waals surface area contributed by atoms with Crippen molar-refractivity contribution in [1.29, 1.82) is 0 Å². The average Bonchev–Trinajstić information content (AvgIpc) is 2.80. The van der Waals surface area contributed by atoms with E-state index >= 15 is 0 Å². The third kappa shape index (κ3) is 1.87. The first-order chi connectivity index (χ1) is 8.28. The second-order valence-electron chi connectivity index (χ2n) is 4.90. The predicted molar refractivity (Wildman–Crippen MR) is 67.8 cm³/mol. The molecule has 2 N–H and O–H groups in total. The van der Waals surface area contributed by atoms with Gasteiger partial charge in [0.15, 0.2) is 0 Å². The summed E-state index contributed by atoms with van der Waals surface area (Å²) < 4.78 is 0. The Morgan fingerprint density at radius 1 is 1.29 bits per heavy atom. The SMILES string of the molecule is CC1(Cc2ccccc2)NCCc2[nH]cnc21. The highest BCUT2D eigenvalue weighted by Crippen LogP contribution is 2.29. The first-order valence-electron chi connectivity index (χ1n) is 6.10. The van der Waals surface area contributed by atoms with E-state index in [4.69, 9.17) is 0 Å². The fraction of sp³-hybridized carbons (Fsp3) is 0.357. The van der Waals surface area contributed by atoms with E-state index in [0.29, 0.717) is 0 Å². The van der Waals surface area contributed by atoms with Crippen molar-refractivity contribution < 1.29 is 0 Å². The standard InChI is InChI=1S/C14H17N3/c1-14(9-11-5-3-2-4-6-11)13-12(7-8-17-14)15-10-16-13/h2-6,10,17H,7-9H2,1H3,(H,15,16). The molecule has 1 atom stereocenters. The van der Waals surface area contributed by atoms with Gasteiger partial charge in [0.05, 0.1) is 17.6 Å². The van der Waals surface area contributed by atoms with Crippen molar-refractivity contribution in [2.45, 2.75) is 25.3 Å². The monoisotopic (exact) mass is 227 g/mol. The third-order valence-corrected chi connectivity index (χ3v) is 3.53. The van der Waals surface area contributed by atoms with Crippen LogP contribution < -0.4 is 5.32 Å². The molecule has 1 unspecified atom stereocenters. The first-order valence-corrected chi connectivity index (χ1v) is 6.10. The molecule has 3 rings (SSSR count). The van der Waals surface area contributed by atoms with Crippen molar-refractivity contribution in [3.05, 3.63) is 53.6 Å². The zero-order valence-corrected chi connectivity index (χ0v) is 10.0. The van der Waals surface area contributed by atoms with Gasteiger partial charge >= 0.3 is 0 Å². The van der Waals surface area contributed by atoms with Crippen LogP contribution in [0.5, 0.6) is 0 Å². The van der Waals surface area contributed by atoms with Gasteiger partial charge in [-0.05, 0) is 18.9 Å². The largest absolute Gasteiger partial charge is 0.348 e. The van der Waals surface area contributed by atoms with Gasteiger partial charge in [-0.2, -0.15) is 0 Å². The molecule has 0 spiro atoms. The van der Waals surface area contributed by atoms with Gasteiger partial charge in [0.1, 0.15) is 0 Å². The van der Waals surface area contributed by atoms with E-state index in [-0.39, 0.29) is 5.54 Å². The van der Waals surface area contributed by atoms with Crippen LogP contribution >= 0.6 is 0 Å². The van der Waals surface area contributed by atoms with Gasteiger partial charge in [0.2, 0.25) is 0 Å². The molecule has 0 saturated heterocycles. The summed E-state index contributed by atoms with van der Waals surface area (Å²) in [6, 6.07) is 10.6. The summed E-state index contributed by atoms with van der Waals surface area (Å²) in [6.07, 6.45) is 3.83. The molecule has 1 aliphatic rings. The molecule has 0 amide bonds. The molecule has 3 nitrogen and oxygen atoms in total. The number of hydrogen-bond acceptors (Lipinski definition) is 2. The molecule has 1 aromatic carbocycles. The summed E-state index contributed by atoms with van der Waals surface area (Å²) in [5, 5.41) is 3.60. The Morgan fingerprint density at radius 2 is 2.12 bits per heavy atom. The molecule has 88 valence electrons. The van der Waals surface area contributed by atoms with E-state index in [1.807, 2.05) is 0 Å². The Labute approximate surface area is 101 Å². The van der Waals surface area contributed by atoms with Gasteiger partial charge in [-0.3, -0.25) is 0 Å². The van der Waals surface area contributed by atoms with Crippen LogP contribution in [0.15, 0.2) is 36.7 Å². The number of nitrogens with zero attached hydrogens (tertiary/aromatic N) is 1. The van der Waals surface area contributed by atoms with Crippen molar-refractivity contribution in [3.8, 4) is 0 Å². The maximum atomic E-state index is 4.49. The maximum Gasteiger partial charge on any atom is 0.0926 e. The molecule has 3 heteroatoms. The second-order valence-corrected chi connectivity index (χ2v) is 4.90. The van der Waals surface area contributed by atoms with E-state index in [1.54, 1.807) is 6.33 Å². The Morgan fingerprint density at radius 3 is 2.94 bits per heavy atom. The van der Waals surface area contributed by atoms with Crippen LogP contribution in [0.1, 0.15) is 23.9 Å². The first kappa shape index (κ1) is 10.5. The molecule has 0 aliphatic carbocycles. The minimum absolute atomic E-state index is 0.0467. The number of aromatic amines is 1. The van der Waals surface area contributed by atoms with Crippen LogP contribution in [0.25, 0.3) is 0 Å². The summed E-state index contributed by atoms with van der Waals surface area (Å²) in [4.78, 5) is 7.74. The van der Waals surface area contributed by atoms with Crippen LogP contribution in [0, 0.1) is 0 Å².